The van der Waals surface area contributed by atoms with Crippen LogP contribution < -0.4 is 10.6 Å². The van der Waals surface area contributed by atoms with E-state index in [1.807, 2.05) is 24.3 Å². The van der Waals surface area contributed by atoms with Gasteiger partial charge < -0.3 is 10.6 Å². The van der Waals surface area contributed by atoms with Crippen molar-refractivity contribution in [2.45, 2.75) is 43.2 Å². The van der Waals surface area contributed by atoms with Gasteiger partial charge in [-0.1, -0.05) is 36.4 Å². The van der Waals surface area contributed by atoms with Crippen LogP contribution >= 0.6 is 0 Å². The fourth-order valence-electron chi connectivity index (χ4n) is 4.38. The molecule has 0 aromatic heterocycles. The normalized spacial score (nSPS) is 16.0. The molecule has 190 valence electrons. The van der Waals surface area contributed by atoms with Crippen LogP contribution in [0.5, 0.6) is 0 Å². The minimum absolute atomic E-state index is 0.0161. The number of carbonyl (C=O) groups is 2. The highest BCUT2D eigenvalue weighted by Crippen LogP contribution is 2.24. The molecule has 4 rings (SSSR count). The van der Waals surface area contributed by atoms with Gasteiger partial charge in [0.05, 0.1) is 4.90 Å². The molecule has 2 amide bonds. The van der Waals surface area contributed by atoms with Gasteiger partial charge in [-0.05, 0) is 53.4 Å². The lowest BCUT2D eigenvalue weighted by Gasteiger charge is -2.32. The Morgan fingerprint density at radius 1 is 0.972 bits per heavy atom. The Labute approximate surface area is 208 Å². The Hall–Kier alpha value is -3.37. The van der Waals surface area contributed by atoms with E-state index in [1.165, 1.54) is 17.3 Å². The Kier molecular flexibility index (Phi) is 7.65. The summed E-state index contributed by atoms with van der Waals surface area (Å²) in [4.78, 5) is 24.8. The van der Waals surface area contributed by atoms with Gasteiger partial charge in [0.2, 0.25) is 21.8 Å². The van der Waals surface area contributed by atoms with Gasteiger partial charge in [-0.15, -0.1) is 0 Å². The number of benzene rings is 3. The lowest BCUT2D eigenvalue weighted by atomic mass is 10.0. The second-order valence-electron chi connectivity index (χ2n) is 8.90. The van der Waals surface area contributed by atoms with Crippen LogP contribution in [-0.4, -0.2) is 49.7 Å². The summed E-state index contributed by atoms with van der Waals surface area (Å²) in [7, 11) is -3.69. The Morgan fingerprint density at radius 3 is 2.33 bits per heavy atom. The summed E-state index contributed by atoms with van der Waals surface area (Å²) in [6.07, 6.45) is 0.783. The fraction of sp³-hybridized carbons (Fsp3) is 0.308. The number of piperidine rings is 1. The monoisotopic (exact) mass is 515 g/mol. The van der Waals surface area contributed by atoms with Gasteiger partial charge in [-0.3, -0.25) is 9.59 Å². The molecule has 1 fully saturated rings. The van der Waals surface area contributed by atoms with Crippen LogP contribution in [0.4, 0.5) is 8.78 Å². The minimum Gasteiger partial charge on any atom is -0.351 e. The average molecular weight is 516 g/mol. The van der Waals surface area contributed by atoms with Crippen molar-refractivity contribution in [2.24, 2.45) is 0 Å². The fourth-order valence-corrected chi connectivity index (χ4v) is 5.88. The molecular formula is C26H27F2N3O4S. The van der Waals surface area contributed by atoms with Gasteiger partial charge in [0.25, 0.3) is 0 Å². The van der Waals surface area contributed by atoms with Crippen molar-refractivity contribution in [1.29, 1.82) is 0 Å². The number of amides is 2. The Bertz CT molecular complexity index is 1390. The maximum atomic E-state index is 13.6. The molecule has 10 heteroatoms. The smallest absolute Gasteiger partial charge is 0.243 e. The van der Waals surface area contributed by atoms with E-state index < -0.39 is 39.5 Å². The van der Waals surface area contributed by atoms with E-state index in [1.54, 1.807) is 18.2 Å². The van der Waals surface area contributed by atoms with E-state index >= 15 is 0 Å². The molecule has 7 nitrogen and oxygen atoms in total. The molecule has 36 heavy (non-hydrogen) atoms. The number of carbonyl (C=O) groups excluding carboxylic acids is 2. The molecule has 0 saturated carbocycles. The zero-order valence-corrected chi connectivity index (χ0v) is 20.5. The van der Waals surface area contributed by atoms with Crippen LogP contribution in [0.3, 0.4) is 0 Å². The highest BCUT2D eigenvalue weighted by atomic mass is 32.2. The van der Waals surface area contributed by atoms with Crippen molar-refractivity contribution in [3.63, 3.8) is 0 Å². The number of sulfonamides is 1. The second kappa shape index (κ2) is 10.7. The standard InChI is InChI=1S/C26H27F2N3O4S/c1-17(32)29-25(15-18-6-9-23(27)24(28)14-18)26(33)30-21-10-12-31(13-11-21)36(34,35)22-8-7-19-4-2-3-5-20(19)16-22/h2-9,14,16,21,25H,10-13,15H2,1H3,(H,29,32)(H,30,33). The molecule has 0 aliphatic carbocycles. The number of hydrogen-bond donors (Lipinski definition) is 2. The lowest BCUT2D eigenvalue weighted by Crippen LogP contribution is -2.53. The van der Waals surface area contributed by atoms with Crippen molar-refractivity contribution in [3.8, 4) is 0 Å². The van der Waals surface area contributed by atoms with Gasteiger partial charge >= 0.3 is 0 Å². The summed E-state index contributed by atoms with van der Waals surface area (Å²) in [5.41, 5.74) is 0.360. The first-order valence-electron chi connectivity index (χ1n) is 11.6. The highest BCUT2D eigenvalue weighted by molar-refractivity contribution is 7.89. The van der Waals surface area contributed by atoms with Gasteiger partial charge in [-0.25, -0.2) is 17.2 Å². The maximum absolute atomic E-state index is 13.6. The largest absolute Gasteiger partial charge is 0.351 e. The molecule has 1 aliphatic heterocycles. The van der Waals surface area contributed by atoms with Gasteiger partial charge in [0, 0.05) is 32.5 Å². The number of nitrogens with one attached hydrogen (secondary N) is 2. The van der Waals surface area contributed by atoms with E-state index in [0.29, 0.717) is 18.4 Å². The lowest BCUT2D eigenvalue weighted by molar-refractivity contribution is -0.128. The third kappa shape index (κ3) is 5.88. The molecule has 0 spiro atoms. The molecule has 3 aromatic carbocycles. The third-order valence-electron chi connectivity index (χ3n) is 6.28. The first-order valence-corrected chi connectivity index (χ1v) is 13.1. The average Bonchev–Trinajstić information content (AvgIpc) is 2.85. The molecule has 0 radical (unpaired) electrons. The van der Waals surface area contributed by atoms with E-state index in [0.717, 1.165) is 22.9 Å². The van der Waals surface area contributed by atoms with Crippen LogP contribution in [0.15, 0.2) is 65.6 Å². The Morgan fingerprint density at radius 2 is 1.67 bits per heavy atom. The van der Waals surface area contributed by atoms with Crippen molar-refractivity contribution in [3.05, 3.63) is 77.9 Å². The van der Waals surface area contributed by atoms with Crippen LogP contribution in [0.25, 0.3) is 10.8 Å². The summed E-state index contributed by atoms with van der Waals surface area (Å²) in [6.45, 7) is 1.73. The summed E-state index contributed by atoms with van der Waals surface area (Å²) in [5.74, 6) is -2.93. The van der Waals surface area contributed by atoms with E-state index in [9.17, 15) is 26.8 Å². The van der Waals surface area contributed by atoms with Crippen molar-refractivity contribution in [2.75, 3.05) is 13.1 Å². The van der Waals surface area contributed by atoms with Crippen LogP contribution in [0.1, 0.15) is 25.3 Å². The summed E-state index contributed by atoms with van der Waals surface area (Å²) in [5, 5.41) is 7.20. The summed E-state index contributed by atoms with van der Waals surface area (Å²) in [6, 6.07) is 14.6. The zero-order chi connectivity index (χ0) is 25.9. The molecule has 2 N–H and O–H groups in total. The molecule has 1 aliphatic rings. The van der Waals surface area contributed by atoms with Gasteiger partial charge in [-0.2, -0.15) is 4.31 Å². The van der Waals surface area contributed by atoms with Crippen molar-refractivity contribution >= 4 is 32.6 Å². The first-order chi connectivity index (χ1) is 17.1. The number of halogens is 2. The summed E-state index contributed by atoms with van der Waals surface area (Å²) >= 11 is 0. The topological polar surface area (TPSA) is 95.6 Å². The van der Waals surface area contributed by atoms with E-state index in [4.69, 9.17) is 0 Å². The first kappa shape index (κ1) is 25.7. The predicted molar refractivity (Wildman–Crippen MR) is 132 cm³/mol. The van der Waals surface area contributed by atoms with Gasteiger partial charge in [0.15, 0.2) is 11.6 Å². The van der Waals surface area contributed by atoms with Crippen molar-refractivity contribution in [1.82, 2.24) is 14.9 Å². The molecule has 1 saturated heterocycles. The predicted octanol–water partition coefficient (Wildman–Crippen LogP) is 3.13. The van der Waals surface area contributed by atoms with Gasteiger partial charge in [0.1, 0.15) is 6.04 Å². The van der Waals surface area contributed by atoms with E-state index in [-0.39, 0.29) is 30.4 Å². The second-order valence-corrected chi connectivity index (χ2v) is 10.8. The molecule has 1 atom stereocenters. The number of nitrogens with zero attached hydrogens (tertiary/aromatic N) is 1. The molecular weight excluding hydrogens is 488 g/mol. The van der Waals surface area contributed by atoms with Crippen LogP contribution in [0.2, 0.25) is 0 Å². The number of rotatable bonds is 7. The zero-order valence-electron chi connectivity index (χ0n) is 19.7. The minimum atomic E-state index is -3.69. The Balaban J connectivity index is 1.39. The number of hydrogen-bond acceptors (Lipinski definition) is 4. The van der Waals surface area contributed by atoms with E-state index in [2.05, 4.69) is 10.6 Å². The van der Waals surface area contributed by atoms with Crippen molar-refractivity contribution < 1.29 is 26.8 Å². The molecule has 1 heterocycles. The molecule has 3 aromatic rings. The molecule has 1 unspecified atom stereocenters. The van der Waals surface area contributed by atoms with Crippen LogP contribution in [-0.2, 0) is 26.0 Å². The third-order valence-corrected chi connectivity index (χ3v) is 8.17. The molecule has 0 bridgehead atoms. The highest BCUT2D eigenvalue weighted by Gasteiger charge is 2.31. The SMILES string of the molecule is CC(=O)NC(Cc1ccc(F)c(F)c1)C(=O)NC1CCN(S(=O)(=O)c2ccc3ccccc3c2)CC1. The summed E-state index contributed by atoms with van der Waals surface area (Å²) < 4.78 is 54.6. The quantitative estimate of drug-likeness (QED) is 0.506. The maximum Gasteiger partial charge on any atom is 0.243 e. The van der Waals surface area contributed by atoms with Crippen LogP contribution in [0, 0.1) is 11.6 Å². The number of fused-ring (bicyclic) bond motifs is 1.